The minimum Gasteiger partial charge on any atom is -0.477 e. The monoisotopic (exact) mass is 297 g/mol. The molecule has 0 saturated heterocycles. The zero-order valence-electron chi connectivity index (χ0n) is 10.6. The van der Waals surface area contributed by atoms with Gasteiger partial charge < -0.3 is 9.84 Å². The zero-order valence-corrected chi connectivity index (χ0v) is 11.4. The standard InChI is InChI=1S/C11H14F3NO3S/c1-4-18-6(5(2)3)9-15-8(11(12,13)14)7(19-9)10(16)17/h5-6H,4H2,1-3H3,(H,16,17). The Morgan fingerprint density at radius 2 is 2.05 bits per heavy atom. The topological polar surface area (TPSA) is 59.4 Å². The maximum atomic E-state index is 12.7. The minimum absolute atomic E-state index is 0.0431. The van der Waals surface area contributed by atoms with E-state index in [9.17, 15) is 18.0 Å². The molecule has 108 valence electrons. The summed E-state index contributed by atoms with van der Waals surface area (Å²) in [6, 6.07) is 0. The van der Waals surface area contributed by atoms with Gasteiger partial charge in [-0.2, -0.15) is 13.2 Å². The number of rotatable bonds is 5. The highest BCUT2D eigenvalue weighted by Gasteiger charge is 2.40. The Kier molecular flexibility index (Phi) is 4.92. The number of carboxylic acid groups (broad SMARTS) is 1. The Morgan fingerprint density at radius 3 is 2.37 bits per heavy atom. The van der Waals surface area contributed by atoms with Crippen LogP contribution in [0.4, 0.5) is 13.2 Å². The summed E-state index contributed by atoms with van der Waals surface area (Å²) in [6.45, 7) is 5.57. The molecule has 0 aliphatic rings. The molecule has 0 aromatic carbocycles. The third-order valence-corrected chi connectivity index (χ3v) is 3.41. The van der Waals surface area contributed by atoms with Gasteiger partial charge in [0.2, 0.25) is 0 Å². The second-order valence-electron chi connectivity index (χ2n) is 4.15. The van der Waals surface area contributed by atoms with Crippen molar-refractivity contribution < 1.29 is 27.8 Å². The van der Waals surface area contributed by atoms with Crippen LogP contribution in [0.1, 0.15) is 47.2 Å². The Balaban J connectivity index is 3.27. The van der Waals surface area contributed by atoms with Crippen LogP contribution >= 0.6 is 11.3 Å². The summed E-state index contributed by atoms with van der Waals surface area (Å²) < 4.78 is 43.5. The van der Waals surface area contributed by atoms with Crippen LogP contribution in [0, 0.1) is 5.92 Å². The highest BCUT2D eigenvalue weighted by Crippen LogP contribution is 2.38. The zero-order chi connectivity index (χ0) is 14.8. The van der Waals surface area contributed by atoms with Gasteiger partial charge in [-0.05, 0) is 12.8 Å². The van der Waals surface area contributed by atoms with Crippen molar-refractivity contribution in [3.05, 3.63) is 15.6 Å². The number of aromatic nitrogens is 1. The number of ether oxygens (including phenoxy) is 1. The Morgan fingerprint density at radius 1 is 1.47 bits per heavy atom. The molecular formula is C11H14F3NO3S. The number of alkyl halides is 3. The van der Waals surface area contributed by atoms with Gasteiger partial charge in [-0.3, -0.25) is 0 Å². The van der Waals surface area contributed by atoms with Crippen molar-refractivity contribution in [2.45, 2.75) is 33.1 Å². The van der Waals surface area contributed by atoms with Gasteiger partial charge in [-0.25, -0.2) is 9.78 Å². The molecule has 19 heavy (non-hydrogen) atoms. The van der Waals surface area contributed by atoms with Crippen molar-refractivity contribution in [2.24, 2.45) is 5.92 Å². The normalized spacial score (nSPS) is 13.8. The van der Waals surface area contributed by atoms with Gasteiger partial charge >= 0.3 is 12.1 Å². The van der Waals surface area contributed by atoms with Crippen molar-refractivity contribution >= 4 is 17.3 Å². The average molecular weight is 297 g/mol. The van der Waals surface area contributed by atoms with Gasteiger partial charge in [0.25, 0.3) is 0 Å². The highest BCUT2D eigenvalue weighted by molar-refractivity contribution is 7.13. The second kappa shape index (κ2) is 5.87. The lowest BCUT2D eigenvalue weighted by Gasteiger charge is -2.18. The molecule has 1 atom stereocenters. The number of hydrogen-bond donors (Lipinski definition) is 1. The Hall–Kier alpha value is -1.15. The number of halogens is 3. The summed E-state index contributed by atoms with van der Waals surface area (Å²) in [7, 11) is 0. The minimum atomic E-state index is -4.78. The van der Waals surface area contributed by atoms with E-state index in [-0.39, 0.29) is 10.9 Å². The van der Waals surface area contributed by atoms with Crippen LogP contribution in [0.15, 0.2) is 0 Å². The number of hydrogen-bond acceptors (Lipinski definition) is 4. The van der Waals surface area contributed by atoms with Crippen LogP contribution in [-0.2, 0) is 10.9 Å². The molecule has 0 radical (unpaired) electrons. The van der Waals surface area contributed by atoms with Gasteiger partial charge in [-0.15, -0.1) is 11.3 Å². The van der Waals surface area contributed by atoms with E-state index < -0.39 is 28.8 Å². The van der Waals surface area contributed by atoms with Crippen molar-refractivity contribution in [2.75, 3.05) is 6.61 Å². The molecule has 0 aliphatic heterocycles. The quantitative estimate of drug-likeness (QED) is 0.902. The second-order valence-corrected chi connectivity index (χ2v) is 5.18. The molecule has 4 nitrogen and oxygen atoms in total. The highest BCUT2D eigenvalue weighted by atomic mass is 32.1. The molecule has 0 bridgehead atoms. The van der Waals surface area contributed by atoms with Gasteiger partial charge in [0, 0.05) is 6.61 Å². The molecule has 0 amide bonds. The van der Waals surface area contributed by atoms with Gasteiger partial charge in [0.1, 0.15) is 16.0 Å². The van der Waals surface area contributed by atoms with Crippen LogP contribution in [0.25, 0.3) is 0 Å². The molecule has 1 unspecified atom stereocenters. The van der Waals surface area contributed by atoms with Crippen molar-refractivity contribution in [3.63, 3.8) is 0 Å². The maximum Gasteiger partial charge on any atom is 0.435 e. The van der Waals surface area contributed by atoms with E-state index in [4.69, 9.17) is 9.84 Å². The first-order chi connectivity index (χ1) is 8.68. The predicted molar refractivity (Wildman–Crippen MR) is 63.3 cm³/mol. The van der Waals surface area contributed by atoms with Gasteiger partial charge in [-0.1, -0.05) is 13.8 Å². The van der Waals surface area contributed by atoms with E-state index in [0.717, 1.165) is 0 Å². The number of carboxylic acids is 1. The molecule has 1 N–H and O–H groups in total. The third kappa shape index (κ3) is 3.66. The SMILES string of the molecule is CCOC(c1nc(C(F)(F)F)c(C(=O)O)s1)C(C)C. The number of nitrogens with zero attached hydrogens (tertiary/aromatic N) is 1. The molecule has 1 heterocycles. The van der Waals surface area contributed by atoms with Crippen LogP contribution in [0.3, 0.4) is 0 Å². The third-order valence-electron chi connectivity index (χ3n) is 2.30. The number of carbonyl (C=O) groups is 1. The van der Waals surface area contributed by atoms with Crippen LogP contribution in [0.2, 0.25) is 0 Å². The first kappa shape index (κ1) is 15.9. The van der Waals surface area contributed by atoms with Crippen molar-refractivity contribution in [1.82, 2.24) is 4.98 Å². The molecule has 1 aromatic rings. The fourth-order valence-electron chi connectivity index (χ4n) is 1.52. The van der Waals surface area contributed by atoms with Crippen molar-refractivity contribution in [1.29, 1.82) is 0 Å². The fraction of sp³-hybridized carbons (Fsp3) is 0.636. The molecule has 1 aromatic heterocycles. The predicted octanol–water partition coefficient (Wildman–Crippen LogP) is 3.59. The summed E-state index contributed by atoms with van der Waals surface area (Å²) >= 11 is 0.515. The van der Waals surface area contributed by atoms with E-state index in [1.165, 1.54) is 0 Å². The first-order valence-corrected chi connectivity index (χ1v) is 6.42. The lowest BCUT2D eigenvalue weighted by molar-refractivity contribution is -0.141. The van der Waals surface area contributed by atoms with E-state index in [2.05, 4.69) is 4.98 Å². The van der Waals surface area contributed by atoms with Gasteiger partial charge in [0.05, 0.1) is 0 Å². The van der Waals surface area contributed by atoms with Crippen LogP contribution in [-0.4, -0.2) is 22.7 Å². The van der Waals surface area contributed by atoms with Crippen LogP contribution < -0.4 is 0 Å². The maximum absolute atomic E-state index is 12.7. The fourth-order valence-corrected chi connectivity index (χ4v) is 2.67. The summed E-state index contributed by atoms with van der Waals surface area (Å²) in [4.78, 5) is 13.5. The Labute approximate surface area is 112 Å². The van der Waals surface area contributed by atoms with Gasteiger partial charge in [0.15, 0.2) is 5.69 Å². The number of aromatic carboxylic acids is 1. The largest absolute Gasteiger partial charge is 0.477 e. The van der Waals surface area contributed by atoms with E-state index in [0.29, 0.717) is 17.9 Å². The molecule has 1 rings (SSSR count). The van der Waals surface area contributed by atoms with Crippen LogP contribution in [0.5, 0.6) is 0 Å². The summed E-state index contributed by atoms with van der Waals surface area (Å²) in [5.74, 6) is -1.73. The van der Waals surface area contributed by atoms with E-state index in [1.54, 1.807) is 20.8 Å². The molecule has 0 aliphatic carbocycles. The van der Waals surface area contributed by atoms with Crippen molar-refractivity contribution in [3.8, 4) is 0 Å². The average Bonchev–Trinajstić information content (AvgIpc) is 2.69. The number of thiazole rings is 1. The molecule has 0 spiro atoms. The molecular weight excluding hydrogens is 283 g/mol. The summed E-state index contributed by atoms with van der Waals surface area (Å²) in [6.07, 6.45) is -5.42. The summed E-state index contributed by atoms with van der Waals surface area (Å²) in [5, 5.41) is 8.87. The Bertz CT molecular complexity index is 457. The molecule has 8 heteroatoms. The summed E-state index contributed by atoms with van der Waals surface area (Å²) in [5.41, 5.74) is -1.36. The molecule has 0 fully saturated rings. The van der Waals surface area contributed by atoms with E-state index in [1.807, 2.05) is 0 Å². The molecule has 0 saturated carbocycles. The van der Waals surface area contributed by atoms with E-state index >= 15 is 0 Å². The lowest BCUT2D eigenvalue weighted by Crippen LogP contribution is -2.13. The first-order valence-electron chi connectivity index (χ1n) is 5.61. The lowest BCUT2D eigenvalue weighted by atomic mass is 10.1. The smallest absolute Gasteiger partial charge is 0.435 e.